The summed E-state index contributed by atoms with van der Waals surface area (Å²) in [4.78, 5) is 4.49. The van der Waals surface area contributed by atoms with Crippen LogP contribution in [0.5, 0.6) is 17.2 Å². The molecule has 26 heavy (non-hydrogen) atoms. The van der Waals surface area contributed by atoms with E-state index in [0.29, 0.717) is 18.0 Å². The first-order valence-corrected chi connectivity index (χ1v) is 8.27. The van der Waals surface area contributed by atoms with E-state index in [1.807, 2.05) is 60.3 Å². The van der Waals surface area contributed by atoms with Gasteiger partial charge in [0, 0.05) is 19.2 Å². The van der Waals surface area contributed by atoms with Crippen molar-refractivity contribution >= 4 is 5.95 Å². The Balaban J connectivity index is 1.76. The van der Waals surface area contributed by atoms with Crippen molar-refractivity contribution in [1.29, 1.82) is 0 Å². The predicted octanol–water partition coefficient (Wildman–Crippen LogP) is 3.73. The number of anilines is 1. The van der Waals surface area contributed by atoms with Crippen LogP contribution in [-0.2, 0) is 13.6 Å². The zero-order valence-corrected chi connectivity index (χ0v) is 15.4. The van der Waals surface area contributed by atoms with Gasteiger partial charge in [-0.25, -0.2) is 4.98 Å². The molecule has 1 heterocycles. The highest BCUT2D eigenvalue weighted by molar-refractivity contribution is 5.63. The van der Waals surface area contributed by atoms with Crippen LogP contribution in [0, 0.1) is 0 Å². The zero-order chi connectivity index (χ0) is 18.5. The lowest BCUT2D eigenvalue weighted by Gasteiger charge is -2.11. The van der Waals surface area contributed by atoms with Crippen molar-refractivity contribution in [2.24, 2.45) is 7.05 Å². The average molecular weight is 353 g/mol. The van der Waals surface area contributed by atoms with E-state index in [1.165, 1.54) is 0 Å². The SMILES string of the molecule is COc1cccc(-c2cnc(NCc3ccc(OC)c(OC)c3)n2C)c1. The Morgan fingerprint density at radius 1 is 0.962 bits per heavy atom. The molecule has 3 aromatic rings. The van der Waals surface area contributed by atoms with Crippen molar-refractivity contribution in [3.8, 4) is 28.5 Å². The van der Waals surface area contributed by atoms with Gasteiger partial charge in [-0.15, -0.1) is 0 Å². The third kappa shape index (κ3) is 3.59. The van der Waals surface area contributed by atoms with Crippen molar-refractivity contribution in [3.63, 3.8) is 0 Å². The Kier molecular flexibility index (Phi) is 5.31. The molecule has 6 heteroatoms. The predicted molar refractivity (Wildman–Crippen MR) is 102 cm³/mol. The summed E-state index contributed by atoms with van der Waals surface area (Å²) in [6.45, 7) is 0.628. The van der Waals surface area contributed by atoms with Gasteiger partial charge in [0.2, 0.25) is 5.95 Å². The number of hydrogen-bond acceptors (Lipinski definition) is 5. The average Bonchev–Trinajstić information content (AvgIpc) is 3.06. The number of ether oxygens (including phenoxy) is 3. The van der Waals surface area contributed by atoms with Gasteiger partial charge in [0.05, 0.1) is 33.2 Å². The molecule has 0 aliphatic rings. The van der Waals surface area contributed by atoms with E-state index in [2.05, 4.69) is 10.3 Å². The molecule has 0 spiro atoms. The third-order valence-corrected chi connectivity index (χ3v) is 4.25. The van der Waals surface area contributed by atoms with E-state index >= 15 is 0 Å². The molecule has 0 atom stereocenters. The van der Waals surface area contributed by atoms with Crippen LogP contribution in [0.2, 0.25) is 0 Å². The van der Waals surface area contributed by atoms with Crippen molar-refractivity contribution < 1.29 is 14.2 Å². The van der Waals surface area contributed by atoms with Crippen LogP contribution >= 0.6 is 0 Å². The quantitative estimate of drug-likeness (QED) is 0.701. The van der Waals surface area contributed by atoms with Crippen molar-refractivity contribution in [2.75, 3.05) is 26.6 Å². The van der Waals surface area contributed by atoms with Gasteiger partial charge < -0.3 is 24.1 Å². The Morgan fingerprint density at radius 3 is 2.50 bits per heavy atom. The van der Waals surface area contributed by atoms with Crippen molar-refractivity contribution in [2.45, 2.75) is 6.54 Å². The molecule has 0 saturated carbocycles. The molecule has 6 nitrogen and oxygen atoms in total. The fourth-order valence-electron chi connectivity index (χ4n) is 2.80. The third-order valence-electron chi connectivity index (χ3n) is 4.25. The highest BCUT2D eigenvalue weighted by Gasteiger charge is 2.10. The maximum atomic E-state index is 5.35. The fraction of sp³-hybridized carbons (Fsp3) is 0.250. The lowest BCUT2D eigenvalue weighted by molar-refractivity contribution is 0.354. The van der Waals surface area contributed by atoms with E-state index in [0.717, 1.165) is 28.5 Å². The minimum Gasteiger partial charge on any atom is -0.497 e. The maximum absolute atomic E-state index is 5.35. The van der Waals surface area contributed by atoms with Crippen LogP contribution in [0.1, 0.15) is 5.56 Å². The molecule has 0 fully saturated rings. The lowest BCUT2D eigenvalue weighted by atomic mass is 10.1. The minimum atomic E-state index is 0.628. The van der Waals surface area contributed by atoms with Crippen LogP contribution < -0.4 is 19.5 Å². The molecule has 0 aliphatic heterocycles. The molecular weight excluding hydrogens is 330 g/mol. The van der Waals surface area contributed by atoms with Crippen LogP contribution in [0.4, 0.5) is 5.95 Å². The number of aromatic nitrogens is 2. The highest BCUT2D eigenvalue weighted by atomic mass is 16.5. The lowest BCUT2D eigenvalue weighted by Crippen LogP contribution is -2.06. The van der Waals surface area contributed by atoms with Crippen LogP contribution in [-0.4, -0.2) is 30.9 Å². The monoisotopic (exact) mass is 353 g/mol. The molecular formula is C20H23N3O3. The first kappa shape index (κ1) is 17.7. The number of rotatable bonds is 7. The normalized spacial score (nSPS) is 10.5. The summed E-state index contributed by atoms with van der Waals surface area (Å²) < 4.78 is 17.9. The Hall–Kier alpha value is -3.15. The van der Waals surface area contributed by atoms with Gasteiger partial charge in [0.1, 0.15) is 5.75 Å². The summed E-state index contributed by atoms with van der Waals surface area (Å²) in [5.41, 5.74) is 3.14. The van der Waals surface area contributed by atoms with Gasteiger partial charge in [-0.3, -0.25) is 0 Å². The van der Waals surface area contributed by atoms with Crippen LogP contribution in [0.3, 0.4) is 0 Å². The Labute approximate surface area is 153 Å². The van der Waals surface area contributed by atoms with Crippen molar-refractivity contribution in [3.05, 3.63) is 54.2 Å². The molecule has 0 aliphatic carbocycles. The number of hydrogen-bond donors (Lipinski definition) is 1. The molecule has 0 bridgehead atoms. The minimum absolute atomic E-state index is 0.628. The highest BCUT2D eigenvalue weighted by Crippen LogP contribution is 2.28. The second-order valence-corrected chi connectivity index (χ2v) is 5.80. The Bertz CT molecular complexity index is 890. The number of nitrogens with one attached hydrogen (secondary N) is 1. The van der Waals surface area contributed by atoms with E-state index in [1.54, 1.807) is 21.3 Å². The Morgan fingerprint density at radius 2 is 1.77 bits per heavy atom. The molecule has 0 amide bonds. The number of nitrogens with zero attached hydrogens (tertiary/aromatic N) is 2. The van der Waals surface area contributed by atoms with Gasteiger partial charge in [-0.2, -0.15) is 0 Å². The molecule has 1 aromatic heterocycles. The van der Waals surface area contributed by atoms with E-state index in [4.69, 9.17) is 14.2 Å². The summed E-state index contributed by atoms with van der Waals surface area (Å²) in [7, 11) is 6.91. The van der Waals surface area contributed by atoms with Crippen LogP contribution in [0.25, 0.3) is 11.3 Å². The molecule has 3 rings (SSSR count). The summed E-state index contributed by atoms with van der Waals surface area (Å²) in [6.07, 6.45) is 1.85. The van der Waals surface area contributed by atoms with E-state index in [-0.39, 0.29) is 0 Å². The summed E-state index contributed by atoms with van der Waals surface area (Å²) >= 11 is 0. The zero-order valence-electron chi connectivity index (χ0n) is 15.4. The molecule has 2 aromatic carbocycles. The van der Waals surface area contributed by atoms with Gasteiger partial charge in [0.15, 0.2) is 11.5 Å². The molecule has 0 unspecified atom stereocenters. The summed E-state index contributed by atoms with van der Waals surface area (Å²) in [6, 6.07) is 13.8. The molecule has 0 saturated heterocycles. The molecule has 136 valence electrons. The van der Waals surface area contributed by atoms with Gasteiger partial charge in [-0.05, 0) is 29.8 Å². The first-order chi connectivity index (χ1) is 12.7. The van der Waals surface area contributed by atoms with Gasteiger partial charge in [-0.1, -0.05) is 18.2 Å². The van der Waals surface area contributed by atoms with Gasteiger partial charge in [0.25, 0.3) is 0 Å². The van der Waals surface area contributed by atoms with Crippen molar-refractivity contribution in [1.82, 2.24) is 9.55 Å². The molecule has 0 radical (unpaired) electrons. The van der Waals surface area contributed by atoms with Crippen LogP contribution in [0.15, 0.2) is 48.7 Å². The van der Waals surface area contributed by atoms with E-state index < -0.39 is 0 Å². The summed E-state index contributed by atoms with van der Waals surface area (Å²) in [5, 5.41) is 3.36. The topological polar surface area (TPSA) is 57.5 Å². The second kappa shape index (κ2) is 7.82. The van der Waals surface area contributed by atoms with Gasteiger partial charge >= 0.3 is 0 Å². The maximum Gasteiger partial charge on any atom is 0.203 e. The second-order valence-electron chi connectivity index (χ2n) is 5.80. The molecule has 1 N–H and O–H groups in total. The first-order valence-electron chi connectivity index (χ1n) is 8.27. The number of imidazole rings is 1. The number of methoxy groups -OCH3 is 3. The smallest absolute Gasteiger partial charge is 0.203 e. The standard InChI is InChI=1S/C20H23N3O3/c1-23-17(15-6-5-7-16(11-15)24-2)13-22-20(23)21-12-14-8-9-18(25-3)19(10-14)26-4/h5-11,13H,12H2,1-4H3,(H,21,22). The van der Waals surface area contributed by atoms with E-state index in [9.17, 15) is 0 Å². The summed E-state index contributed by atoms with van der Waals surface area (Å²) in [5.74, 6) is 3.04. The fourth-order valence-corrected chi connectivity index (χ4v) is 2.80. The largest absolute Gasteiger partial charge is 0.497 e. The number of benzene rings is 2.